The number of halogens is 4. The number of benzene rings is 1. The summed E-state index contributed by atoms with van der Waals surface area (Å²) in [6, 6.07) is 8.26. The van der Waals surface area contributed by atoms with Gasteiger partial charge in [-0.1, -0.05) is 46.4 Å². The lowest BCUT2D eigenvalue weighted by atomic mass is 10.3. The van der Waals surface area contributed by atoms with Crippen LogP contribution in [0.15, 0.2) is 30.3 Å². The van der Waals surface area contributed by atoms with Crippen molar-refractivity contribution in [1.29, 1.82) is 0 Å². The van der Waals surface area contributed by atoms with Crippen molar-refractivity contribution < 1.29 is 4.74 Å². The third-order valence-corrected chi connectivity index (χ3v) is 3.08. The molecule has 6 heteroatoms. The van der Waals surface area contributed by atoms with Crippen LogP contribution in [0.1, 0.15) is 0 Å². The van der Waals surface area contributed by atoms with Gasteiger partial charge in [-0.15, -0.1) is 0 Å². The van der Waals surface area contributed by atoms with E-state index < -0.39 is 0 Å². The van der Waals surface area contributed by atoms with Gasteiger partial charge in [0.05, 0.1) is 5.02 Å². The number of aromatic nitrogens is 1. The van der Waals surface area contributed by atoms with E-state index in [0.717, 1.165) is 0 Å². The number of hydrogen-bond donors (Lipinski definition) is 0. The first-order chi connectivity index (χ1) is 8.06. The fourth-order valence-electron chi connectivity index (χ4n) is 1.11. The molecule has 2 aromatic rings. The van der Waals surface area contributed by atoms with Crippen molar-refractivity contribution in [3.8, 4) is 11.6 Å². The van der Waals surface area contributed by atoms with E-state index in [1.54, 1.807) is 24.3 Å². The van der Waals surface area contributed by atoms with Crippen LogP contribution in [0.3, 0.4) is 0 Å². The second-order valence-corrected chi connectivity index (χ2v) is 4.71. The summed E-state index contributed by atoms with van der Waals surface area (Å²) in [5.74, 6) is 0.755. The van der Waals surface area contributed by atoms with Crippen molar-refractivity contribution in [3.05, 3.63) is 50.6 Å². The van der Waals surface area contributed by atoms with Crippen LogP contribution in [0.5, 0.6) is 11.6 Å². The van der Waals surface area contributed by atoms with E-state index in [1.165, 1.54) is 6.07 Å². The number of hydrogen-bond acceptors (Lipinski definition) is 2. The molecule has 0 aliphatic heterocycles. The molecule has 1 aromatic heterocycles. The number of nitrogens with zero attached hydrogens (tertiary/aromatic N) is 1. The molecule has 0 fully saturated rings. The van der Waals surface area contributed by atoms with E-state index in [1.807, 2.05) is 0 Å². The van der Waals surface area contributed by atoms with Crippen LogP contribution in [0.4, 0.5) is 0 Å². The largest absolute Gasteiger partial charge is 0.437 e. The van der Waals surface area contributed by atoms with Crippen LogP contribution in [-0.2, 0) is 0 Å². The van der Waals surface area contributed by atoms with Gasteiger partial charge < -0.3 is 4.74 Å². The summed E-state index contributed by atoms with van der Waals surface area (Å²) in [7, 11) is 0. The quantitative estimate of drug-likeness (QED) is 0.685. The molecule has 88 valence electrons. The van der Waals surface area contributed by atoms with Crippen molar-refractivity contribution in [2.45, 2.75) is 0 Å². The van der Waals surface area contributed by atoms with Gasteiger partial charge in [0, 0.05) is 5.02 Å². The van der Waals surface area contributed by atoms with E-state index in [9.17, 15) is 0 Å². The molecule has 0 bridgehead atoms. The van der Waals surface area contributed by atoms with Crippen molar-refractivity contribution >= 4 is 46.4 Å². The maximum Gasteiger partial charge on any atom is 0.239 e. The molecule has 0 saturated carbocycles. The first-order valence-electron chi connectivity index (χ1n) is 4.51. The minimum absolute atomic E-state index is 0.139. The van der Waals surface area contributed by atoms with Crippen molar-refractivity contribution in [2.75, 3.05) is 0 Å². The fourth-order valence-corrected chi connectivity index (χ4v) is 1.77. The molecule has 0 saturated heterocycles. The Labute approximate surface area is 118 Å². The number of ether oxygens (including phenoxy) is 1. The molecule has 0 aliphatic carbocycles. The molecular formula is C11H5Cl4NO. The molecule has 1 heterocycles. The van der Waals surface area contributed by atoms with Crippen LogP contribution in [-0.4, -0.2) is 4.98 Å². The molecule has 0 aliphatic rings. The lowest BCUT2D eigenvalue weighted by Crippen LogP contribution is -1.90. The van der Waals surface area contributed by atoms with Crippen LogP contribution in [0.25, 0.3) is 0 Å². The molecule has 2 nitrogen and oxygen atoms in total. The lowest BCUT2D eigenvalue weighted by molar-refractivity contribution is 0.463. The Hall–Kier alpha value is -0.670. The van der Waals surface area contributed by atoms with Gasteiger partial charge in [0.1, 0.15) is 10.8 Å². The third kappa shape index (κ3) is 3.17. The van der Waals surface area contributed by atoms with E-state index in [0.29, 0.717) is 10.8 Å². The van der Waals surface area contributed by atoms with E-state index >= 15 is 0 Å². The molecule has 0 atom stereocenters. The zero-order chi connectivity index (χ0) is 12.4. The minimum atomic E-state index is 0.139. The molecule has 0 radical (unpaired) electrons. The zero-order valence-electron chi connectivity index (χ0n) is 8.25. The standard InChI is InChI=1S/C11H5Cl4NO/c12-6-1-3-7(4-2-6)17-11-9(14)5-8(13)10(15)16-11/h1-5H. The third-order valence-electron chi connectivity index (χ3n) is 1.88. The summed E-state index contributed by atoms with van der Waals surface area (Å²) in [5.41, 5.74) is 0. The number of rotatable bonds is 2. The molecule has 0 N–H and O–H groups in total. The van der Waals surface area contributed by atoms with Crippen LogP contribution in [0, 0.1) is 0 Å². The maximum absolute atomic E-state index is 5.93. The fraction of sp³-hybridized carbons (Fsp3) is 0. The molecule has 0 amide bonds. The molecule has 17 heavy (non-hydrogen) atoms. The second-order valence-electron chi connectivity index (χ2n) is 3.10. The second kappa shape index (κ2) is 5.32. The van der Waals surface area contributed by atoms with Crippen LogP contribution < -0.4 is 4.74 Å². The van der Waals surface area contributed by atoms with Gasteiger partial charge in [0.2, 0.25) is 5.88 Å². The maximum atomic E-state index is 5.93. The van der Waals surface area contributed by atoms with Crippen molar-refractivity contribution in [3.63, 3.8) is 0 Å². The first-order valence-corrected chi connectivity index (χ1v) is 6.02. The monoisotopic (exact) mass is 307 g/mol. The Balaban J connectivity index is 2.30. The summed E-state index contributed by atoms with van der Waals surface area (Å²) in [6.45, 7) is 0. The summed E-state index contributed by atoms with van der Waals surface area (Å²) >= 11 is 23.2. The molecule has 0 unspecified atom stereocenters. The summed E-state index contributed by atoms with van der Waals surface area (Å²) < 4.78 is 5.46. The van der Waals surface area contributed by atoms with Crippen LogP contribution in [0.2, 0.25) is 20.2 Å². The van der Waals surface area contributed by atoms with Gasteiger partial charge in [-0.3, -0.25) is 0 Å². The van der Waals surface area contributed by atoms with Gasteiger partial charge >= 0.3 is 0 Å². The Kier molecular flexibility index (Phi) is 4.00. The summed E-state index contributed by atoms with van der Waals surface area (Å²) in [5, 5.41) is 1.32. The Morgan fingerprint density at radius 1 is 0.882 bits per heavy atom. The SMILES string of the molecule is Clc1ccc(Oc2nc(Cl)c(Cl)cc2Cl)cc1. The van der Waals surface area contributed by atoms with Crippen molar-refractivity contribution in [1.82, 2.24) is 4.98 Å². The lowest BCUT2D eigenvalue weighted by Gasteiger charge is -2.07. The highest BCUT2D eigenvalue weighted by Gasteiger charge is 2.09. The Morgan fingerprint density at radius 3 is 2.18 bits per heavy atom. The minimum Gasteiger partial charge on any atom is -0.437 e. The smallest absolute Gasteiger partial charge is 0.239 e. The Morgan fingerprint density at radius 2 is 1.53 bits per heavy atom. The zero-order valence-corrected chi connectivity index (χ0v) is 11.3. The average molecular weight is 309 g/mol. The molecular weight excluding hydrogens is 304 g/mol. The number of pyridine rings is 1. The van der Waals surface area contributed by atoms with Crippen LogP contribution >= 0.6 is 46.4 Å². The van der Waals surface area contributed by atoms with Gasteiger partial charge in [-0.2, -0.15) is 4.98 Å². The predicted molar refractivity (Wildman–Crippen MR) is 70.8 cm³/mol. The molecule has 0 spiro atoms. The highest BCUT2D eigenvalue weighted by molar-refractivity contribution is 6.42. The van der Waals surface area contributed by atoms with Gasteiger partial charge in [-0.25, -0.2) is 0 Å². The predicted octanol–water partition coefficient (Wildman–Crippen LogP) is 5.49. The van der Waals surface area contributed by atoms with Gasteiger partial charge in [-0.05, 0) is 30.3 Å². The van der Waals surface area contributed by atoms with Gasteiger partial charge in [0.25, 0.3) is 0 Å². The molecule has 2 rings (SSSR count). The summed E-state index contributed by atoms with van der Waals surface area (Å²) in [4.78, 5) is 3.94. The highest BCUT2D eigenvalue weighted by atomic mass is 35.5. The topological polar surface area (TPSA) is 22.1 Å². The normalized spacial score (nSPS) is 10.4. The Bertz CT molecular complexity index is 542. The van der Waals surface area contributed by atoms with Crippen molar-refractivity contribution in [2.24, 2.45) is 0 Å². The highest BCUT2D eigenvalue weighted by Crippen LogP contribution is 2.33. The summed E-state index contributed by atoms with van der Waals surface area (Å²) in [6.07, 6.45) is 0. The average Bonchev–Trinajstić information content (AvgIpc) is 2.29. The van der Waals surface area contributed by atoms with Gasteiger partial charge in [0.15, 0.2) is 5.15 Å². The van der Waals surface area contributed by atoms with E-state index in [-0.39, 0.29) is 21.1 Å². The molecule has 1 aromatic carbocycles. The van der Waals surface area contributed by atoms with E-state index in [2.05, 4.69) is 4.98 Å². The first kappa shape index (κ1) is 12.8. The van der Waals surface area contributed by atoms with E-state index in [4.69, 9.17) is 51.1 Å².